The molecule has 0 bridgehead atoms. The third kappa shape index (κ3) is 4.19. The first kappa shape index (κ1) is 14.8. The van der Waals surface area contributed by atoms with E-state index in [2.05, 4.69) is 25.1 Å². The molecular formula is C19H24O. The molecule has 0 aliphatic carbocycles. The van der Waals surface area contributed by atoms with E-state index in [9.17, 15) is 4.79 Å². The zero-order valence-corrected chi connectivity index (χ0v) is 12.4. The van der Waals surface area contributed by atoms with E-state index in [1.165, 1.54) is 49.5 Å². The molecule has 20 heavy (non-hydrogen) atoms. The topological polar surface area (TPSA) is 17.1 Å². The molecular weight excluding hydrogens is 244 g/mol. The summed E-state index contributed by atoms with van der Waals surface area (Å²) in [5.74, 6) is 0. The Hall–Kier alpha value is -1.63. The fourth-order valence-electron chi connectivity index (χ4n) is 2.65. The summed E-state index contributed by atoms with van der Waals surface area (Å²) in [6.45, 7) is 2.26. The molecule has 0 aromatic heterocycles. The zero-order chi connectivity index (χ0) is 14.2. The van der Waals surface area contributed by atoms with Crippen LogP contribution in [0.1, 0.15) is 61.4 Å². The lowest BCUT2D eigenvalue weighted by Gasteiger charge is -2.05. The highest BCUT2D eigenvalue weighted by atomic mass is 16.1. The molecule has 0 radical (unpaired) electrons. The first-order chi connectivity index (χ1) is 9.83. The number of fused-ring (bicyclic) bond motifs is 1. The van der Waals surface area contributed by atoms with E-state index >= 15 is 0 Å². The quantitative estimate of drug-likeness (QED) is 0.453. The van der Waals surface area contributed by atoms with Gasteiger partial charge in [-0.15, -0.1) is 0 Å². The minimum Gasteiger partial charge on any atom is -0.298 e. The standard InChI is InChI=1S/C19H24O/c1-2-3-4-5-6-7-8-16-9-11-19-14-17(15-20)10-12-18(19)13-16/h9-15H,2-8H2,1H3. The SMILES string of the molecule is CCCCCCCCc1ccc2cc(C=O)ccc2c1. The Labute approximate surface area is 122 Å². The van der Waals surface area contributed by atoms with Crippen molar-refractivity contribution in [1.29, 1.82) is 0 Å². The fourth-order valence-corrected chi connectivity index (χ4v) is 2.65. The van der Waals surface area contributed by atoms with Crippen LogP contribution in [-0.2, 0) is 6.42 Å². The lowest BCUT2D eigenvalue weighted by Crippen LogP contribution is -1.87. The summed E-state index contributed by atoms with van der Waals surface area (Å²) in [5.41, 5.74) is 2.16. The number of unbranched alkanes of at least 4 members (excludes halogenated alkanes) is 5. The van der Waals surface area contributed by atoms with Gasteiger partial charge in [0.15, 0.2) is 0 Å². The highest BCUT2D eigenvalue weighted by molar-refractivity contribution is 5.89. The summed E-state index contributed by atoms with van der Waals surface area (Å²) < 4.78 is 0. The highest BCUT2D eigenvalue weighted by Gasteiger charge is 1.99. The summed E-state index contributed by atoms with van der Waals surface area (Å²) in [4.78, 5) is 10.8. The van der Waals surface area contributed by atoms with Gasteiger partial charge in [-0.2, -0.15) is 0 Å². The third-order valence-corrected chi connectivity index (χ3v) is 3.88. The fraction of sp³-hybridized carbons (Fsp3) is 0.421. The molecule has 0 fully saturated rings. The summed E-state index contributed by atoms with van der Waals surface area (Å²) >= 11 is 0. The van der Waals surface area contributed by atoms with Gasteiger partial charge in [0.1, 0.15) is 6.29 Å². The normalized spacial score (nSPS) is 10.8. The van der Waals surface area contributed by atoms with Gasteiger partial charge < -0.3 is 0 Å². The van der Waals surface area contributed by atoms with Gasteiger partial charge in [-0.1, -0.05) is 69.4 Å². The highest BCUT2D eigenvalue weighted by Crippen LogP contribution is 2.19. The molecule has 2 aromatic carbocycles. The van der Waals surface area contributed by atoms with E-state index in [-0.39, 0.29) is 0 Å². The van der Waals surface area contributed by atoms with Crippen LogP contribution in [0.25, 0.3) is 10.8 Å². The molecule has 0 amide bonds. The van der Waals surface area contributed by atoms with Crippen molar-refractivity contribution < 1.29 is 4.79 Å². The first-order valence-electron chi connectivity index (χ1n) is 7.81. The molecule has 0 spiro atoms. The second-order valence-corrected chi connectivity index (χ2v) is 5.58. The Morgan fingerprint density at radius 1 is 0.850 bits per heavy atom. The predicted octanol–water partition coefficient (Wildman–Crippen LogP) is 5.56. The van der Waals surface area contributed by atoms with E-state index in [4.69, 9.17) is 0 Å². The van der Waals surface area contributed by atoms with E-state index in [1.54, 1.807) is 0 Å². The maximum absolute atomic E-state index is 10.8. The van der Waals surface area contributed by atoms with Crippen molar-refractivity contribution in [3.8, 4) is 0 Å². The van der Waals surface area contributed by atoms with E-state index in [1.807, 2.05) is 18.2 Å². The van der Waals surface area contributed by atoms with Crippen LogP contribution >= 0.6 is 0 Å². The Morgan fingerprint density at radius 2 is 1.55 bits per heavy atom. The number of hydrogen-bond acceptors (Lipinski definition) is 1. The van der Waals surface area contributed by atoms with Crippen molar-refractivity contribution in [2.45, 2.75) is 51.9 Å². The predicted molar refractivity (Wildman–Crippen MR) is 86.4 cm³/mol. The molecule has 1 nitrogen and oxygen atoms in total. The monoisotopic (exact) mass is 268 g/mol. The third-order valence-electron chi connectivity index (χ3n) is 3.88. The molecule has 0 unspecified atom stereocenters. The number of carbonyl (C=O) groups excluding carboxylic acids is 1. The molecule has 0 heterocycles. The largest absolute Gasteiger partial charge is 0.298 e. The minimum atomic E-state index is 0.751. The van der Waals surface area contributed by atoms with Crippen LogP contribution in [0.2, 0.25) is 0 Å². The van der Waals surface area contributed by atoms with Crippen LogP contribution in [0.3, 0.4) is 0 Å². The van der Waals surface area contributed by atoms with Crippen LogP contribution in [0.5, 0.6) is 0 Å². The van der Waals surface area contributed by atoms with Crippen LogP contribution in [-0.4, -0.2) is 6.29 Å². The van der Waals surface area contributed by atoms with E-state index in [0.717, 1.165) is 23.7 Å². The molecule has 2 rings (SSSR count). The van der Waals surface area contributed by atoms with Gasteiger partial charge in [-0.3, -0.25) is 4.79 Å². The minimum absolute atomic E-state index is 0.751. The smallest absolute Gasteiger partial charge is 0.150 e. The Morgan fingerprint density at radius 3 is 2.35 bits per heavy atom. The second kappa shape index (κ2) is 7.84. The molecule has 1 heteroatoms. The summed E-state index contributed by atoms with van der Waals surface area (Å²) in [6, 6.07) is 12.5. The van der Waals surface area contributed by atoms with Gasteiger partial charge in [0.25, 0.3) is 0 Å². The van der Waals surface area contributed by atoms with Gasteiger partial charge in [0.2, 0.25) is 0 Å². The summed E-state index contributed by atoms with van der Waals surface area (Å²) in [6.07, 6.45) is 10.1. The van der Waals surface area contributed by atoms with E-state index < -0.39 is 0 Å². The molecule has 0 aliphatic rings. The Balaban J connectivity index is 1.89. The average molecular weight is 268 g/mol. The average Bonchev–Trinajstić information content (AvgIpc) is 2.50. The number of aldehydes is 1. The Bertz CT molecular complexity index is 557. The number of benzene rings is 2. The van der Waals surface area contributed by atoms with Crippen LogP contribution < -0.4 is 0 Å². The number of aryl methyl sites for hydroxylation is 1. The number of hydrogen-bond donors (Lipinski definition) is 0. The molecule has 0 atom stereocenters. The van der Waals surface area contributed by atoms with Gasteiger partial charge in [-0.25, -0.2) is 0 Å². The number of carbonyl (C=O) groups is 1. The maximum Gasteiger partial charge on any atom is 0.150 e. The molecule has 106 valence electrons. The molecule has 0 aliphatic heterocycles. The molecule has 0 N–H and O–H groups in total. The molecule has 0 saturated carbocycles. The number of rotatable bonds is 8. The van der Waals surface area contributed by atoms with Crippen molar-refractivity contribution in [3.63, 3.8) is 0 Å². The second-order valence-electron chi connectivity index (χ2n) is 5.58. The zero-order valence-electron chi connectivity index (χ0n) is 12.4. The van der Waals surface area contributed by atoms with Crippen LogP contribution in [0.15, 0.2) is 36.4 Å². The molecule has 0 saturated heterocycles. The van der Waals surface area contributed by atoms with Gasteiger partial charge in [0, 0.05) is 5.56 Å². The Kier molecular flexibility index (Phi) is 5.79. The van der Waals surface area contributed by atoms with Gasteiger partial charge in [0.05, 0.1) is 0 Å². The summed E-state index contributed by atoms with van der Waals surface area (Å²) in [7, 11) is 0. The van der Waals surface area contributed by atoms with Crippen molar-refractivity contribution in [3.05, 3.63) is 47.5 Å². The lowest BCUT2D eigenvalue weighted by molar-refractivity contribution is 0.112. The van der Waals surface area contributed by atoms with Gasteiger partial charge in [-0.05, 0) is 35.2 Å². The summed E-state index contributed by atoms with van der Waals surface area (Å²) in [5, 5.41) is 2.39. The first-order valence-corrected chi connectivity index (χ1v) is 7.81. The lowest BCUT2D eigenvalue weighted by atomic mass is 10.0. The molecule has 2 aromatic rings. The van der Waals surface area contributed by atoms with Crippen molar-refractivity contribution in [2.24, 2.45) is 0 Å². The van der Waals surface area contributed by atoms with Crippen molar-refractivity contribution in [1.82, 2.24) is 0 Å². The van der Waals surface area contributed by atoms with Crippen LogP contribution in [0, 0.1) is 0 Å². The van der Waals surface area contributed by atoms with Gasteiger partial charge >= 0.3 is 0 Å². The van der Waals surface area contributed by atoms with E-state index in [0.29, 0.717) is 0 Å². The van der Waals surface area contributed by atoms with Crippen molar-refractivity contribution in [2.75, 3.05) is 0 Å². The van der Waals surface area contributed by atoms with Crippen LogP contribution in [0.4, 0.5) is 0 Å². The maximum atomic E-state index is 10.8. The van der Waals surface area contributed by atoms with Crippen molar-refractivity contribution >= 4 is 17.1 Å².